The lowest BCUT2D eigenvalue weighted by molar-refractivity contribution is -0.905. The van der Waals surface area contributed by atoms with Crippen LogP contribution in [-0.4, -0.2) is 66.7 Å². The van der Waals surface area contributed by atoms with Crippen molar-refractivity contribution in [3.8, 4) is 0 Å². The Morgan fingerprint density at radius 3 is 2.38 bits per heavy atom. The summed E-state index contributed by atoms with van der Waals surface area (Å²) >= 11 is 0. The van der Waals surface area contributed by atoms with E-state index in [2.05, 4.69) is 19.1 Å². The van der Waals surface area contributed by atoms with Crippen LogP contribution in [0.3, 0.4) is 0 Å². The van der Waals surface area contributed by atoms with Crippen molar-refractivity contribution in [2.45, 2.75) is 50.9 Å². The molecule has 1 N–H and O–H groups in total. The van der Waals surface area contributed by atoms with E-state index in [1.807, 2.05) is 54.6 Å². The Balaban J connectivity index is 0.00000420. The van der Waals surface area contributed by atoms with Crippen molar-refractivity contribution < 1.29 is 40.5 Å². The largest absolute Gasteiger partial charge is 1.00 e. The van der Waals surface area contributed by atoms with E-state index in [4.69, 9.17) is 9.15 Å². The summed E-state index contributed by atoms with van der Waals surface area (Å²) in [6.07, 6.45) is 7.16. The van der Waals surface area contributed by atoms with Crippen molar-refractivity contribution in [2.75, 3.05) is 41.3 Å². The summed E-state index contributed by atoms with van der Waals surface area (Å²) in [7, 11) is 7.77. The van der Waals surface area contributed by atoms with Gasteiger partial charge in [0.25, 0.3) is 5.91 Å². The van der Waals surface area contributed by atoms with E-state index in [1.54, 1.807) is 25.2 Å². The first-order chi connectivity index (χ1) is 18.2. The van der Waals surface area contributed by atoms with Gasteiger partial charge in [-0.05, 0) is 36.1 Å². The maximum atomic E-state index is 12.1. The maximum Gasteiger partial charge on any atom is 0.253 e. The van der Waals surface area contributed by atoms with E-state index in [0.29, 0.717) is 35.7 Å². The lowest BCUT2D eigenvalue weighted by atomic mass is 9.73. The highest BCUT2D eigenvalue weighted by molar-refractivity contribution is 5.93. The van der Waals surface area contributed by atoms with Gasteiger partial charge in [-0.15, -0.1) is 0 Å². The molecule has 1 amide bonds. The number of halogens is 1. The lowest BCUT2D eigenvalue weighted by Gasteiger charge is -2.36. The third-order valence-corrected chi connectivity index (χ3v) is 7.59. The number of carbonyl (C=O) groups is 1. The van der Waals surface area contributed by atoms with Crippen LogP contribution in [0.15, 0.2) is 65.2 Å². The zero-order valence-electron chi connectivity index (χ0n) is 23.6. The highest BCUT2D eigenvalue weighted by Gasteiger charge is 2.44. The maximum absolute atomic E-state index is 12.1. The molecular weight excluding hydrogens is 558 g/mol. The molecule has 8 heteroatoms. The van der Waals surface area contributed by atoms with Gasteiger partial charge in [0.15, 0.2) is 11.4 Å². The van der Waals surface area contributed by atoms with E-state index in [1.165, 1.54) is 6.42 Å². The van der Waals surface area contributed by atoms with Crippen LogP contribution in [0.4, 0.5) is 0 Å². The predicted octanol–water partition coefficient (Wildman–Crippen LogP) is 1.99. The Bertz CT molecular complexity index is 1170. The molecule has 1 aliphatic rings. The molecule has 0 bridgehead atoms. The topological polar surface area (TPSA) is 75.8 Å². The molecule has 0 aliphatic heterocycles. The first kappa shape index (κ1) is 31.0. The van der Waals surface area contributed by atoms with Gasteiger partial charge in [-0.25, -0.2) is 4.98 Å². The van der Waals surface area contributed by atoms with Gasteiger partial charge in [-0.1, -0.05) is 61.7 Å². The van der Waals surface area contributed by atoms with Crippen molar-refractivity contribution in [1.29, 1.82) is 0 Å². The predicted molar refractivity (Wildman–Crippen MR) is 147 cm³/mol. The fourth-order valence-corrected chi connectivity index (χ4v) is 5.31. The third-order valence-electron chi connectivity index (χ3n) is 7.59. The summed E-state index contributed by atoms with van der Waals surface area (Å²) in [5.41, 5.74) is 1.34. The molecule has 0 radical (unpaired) electrons. The minimum absolute atomic E-state index is 0. The Kier molecular flexibility index (Phi) is 10.9. The smallest absolute Gasteiger partial charge is 0.253 e. The van der Waals surface area contributed by atoms with E-state index in [9.17, 15) is 9.90 Å². The molecule has 0 unspecified atom stereocenters. The van der Waals surface area contributed by atoms with Crippen molar-refractivity contribution in [2.24, 2.45) is 5.92 Å². The fraction of sp³-hybridized carbons (Fsp3) is 0.484. The number of hydrogen-bond donors (Lipinski definition) is 1. The molecule has 3 aromatic rings. The second-order valence-corrected chi connectivity index (χ2v) is 11.4. The van der Waals surface area contributed by atoms with Crippen LogP contribution >= 0.6 is 0 Å². The number of rotatable bonds is 11. The van der Waals surface area contributed by atoms with Crippen LogP contribution in [0.2, 0.25) is 0 Å². The Morgan fingerprint density at radius 2 is 1.74 bits per heavy atom. The molecular formula is C31H42BrN3O4. The minimum atomic E-state index is -1.22. The summed E-state index contributed by atoms with van der Waals surface area (Å²) in [4.78, 5) is 18.2. The number of amides is 1. The molecule has 1 aromatic heterocycles. The zero-order valence-corrected chi connectivity index (χ0v) is 25.2. The first-order valence-corrected chi connectivity index (χ1v) is 13.6. The van der Waals surface area contributed by atoms with Gasteiger partial charge in [-0.2, -0.15) is 0 Å². The highest BCUT2D eigenvalue weighted by Crippen LogP contribution is 2.43. The quantitative estimate of drug-likeness (QED) is 0.269. The SMILES string of the molecule is CN(C)C(=O)c1ccc(COCC[N+](C)(C)Cc2cnc([C@](O)(c3ccccc3)C3CCCCC3)o2)cc1.[Br-]. The number of benzene rings is 2. The molecule has 39 heavy (non-hydrogen) atoms. The molecule has 1 atom stereocenters. The van der Waals surface area contributed by atoms with Gasteiger partial charge in [0, 0.05) is 25.6 Å². The number of carbonyl (C=O) groups excluding carboxylic acids is 1. The summed E-state index contributed by atoms with van der Waals surface area (Å²) in [6, 6.07) is 17.4. The van der Waals surface area contributed by atoms with Crippen LogP contribution in [-0.2, 0) is 23.5 Å². The second-order valence-electron chi connectivity index (χ2n) is 11.4. The second kappa shape index (κ2) is 13.7. The van der Waals surface area contributed by atoms with Crippen LogP contribution in [0.1, 0.15) is 65.2 Å². The van der Waals surface area contributed by atoms with Crippen LogP contribution in [0.5, 0.6) is 0 Å². The van der Waals surface area contributed by atoms with E-state index < -0.39 is 5.60 Å². The van der Waals surface area contributed by atoms with Gasteiger partial charge in [0.05, 0.1) is 33.5 Å². The monoisotopic (exact) mass is 599 g/mol. The van der Waals surface area contributed by atoms with Gasteiger partial charge < -0.3 is 40.6 Å². The minimum Gasteiger partial charge on any atom is -1.00 e. The fourth-order valence-electron chi connectivity index (χ4n) is 5.31. The summed E-state index contributed by atoms with van der Waals surface area (Å²) in [5, 5.41) is 12.0. The Labute approximate surface area is 243 Å². The Hall–Kier alpha value is -2.52. The summed E-state index contributed by atoms with van der Waals surface area (Å²) in [5.74, 6) is 1.25. The standard InChI is InChI=1S/C31H42N3O4.BrH/c1-33(2)29(35)25-17-15-24(16-18-25)23-37-20-19-34(3,4)22-28-21-32-30(38-28)31(36,26-11-7-5-8-12-26)27-13-9-6-10-14-27;/h5,7-8,11-12,15-18,21,27,36H,6,9-10,13-14,19-20,22-23H2,1-4H3;1H/q+1;/p-1/t31-;/m0./s1. The Morgan fingerprint density at radius 1 is 1.08 bits per heavy atom. The molecule has 7 nitrogen and oxygen atoms in total. The normalized spacial score (nSPS) is 15.8. The van der Waals surface area contributed by atoms with E-state index >= 15 is 0 Å². The number of hydrogen-bond acceptors (Lipinski definition) is 5. The number of aromatic nitrogens is 1. The number of quaternary nitrogens is 1. The molecule has 0 saturated heterocycles. The average molecular weight is 601 g/mol. The zero-order chi connectivity index (χ0) is 27.2. The number of nitrogens with zero attached hydrogens (tertiary/aromatic N) is 3. The molecule has 2 aromatic carbocycles. The van der Waals surface area contributed by atoms with Crippen molar-refractivity contribution in [3.05, 3.63) is 89.1 Å². The molecule has 4 rings (SSSR count). The van der Waals surface area contributed by atoms with Gasteiger partial charge in [0.2, 0.25) is 5.89 Å². The lowest BCUT2D eigenvalue weighted by Crippen LogP contribution is -3.00. The van der Waals surface area contributed by atoms with Crippen molar-refractivity contribution in [1.82, 2.24) is 9.88 Å². The summed E-state index contributed by atoms with van der Waals surface area (Å²) in [6.45, 7) is 2.52. The van der Waals surface area contributed by atoms with Crippen molar-refractivity contribution in [3.63, 3.8) is 0 Å². The number of oxazole rings is 1. The first-order valence-electron chi connectivity index (χ1n) is 13.6. The number of aliphatic hydroxyl groups is 1. The van der Waals surface area contributed by atoms with Gasteiger partial charge in [0.1, 0.15) is 13.1 Å². The van der Waals surface area contributed by atoms with E-state index in [0.717, 1.165) is 49.1 Å². The number of ether oxygens (including phenoxy) is 1. The van der Waals surface area contributed by atoms with Crippen LogP contribution < -0.4 is 17.0 Å². The van der Waals surface area contributed by atoms with Crippen LogP contribution in [0.25, 0.3) is 0 Å². The molecule has 1 saturated carbocycles. The molecule has 1 fully saturated rings. The number of likely N-dealkylation sites (N-methyl/N-ethyl adjacent to an activating group) is 1. The van der Waals surface area contributed by atoms with Crippen LogP contribution in [0, 0.1) is 5.92 Å². The van der Waals surface area contributed by atoms with Gasteiger partial charge in [-0.3, -0.25) is 4.79 Å². The third kappa shape index (κ3) is 7.78. The summed E-state index contributed by atoms with van der Waals surface area (Å²) < 4.78 is 12.9. The molecule has 0 spiro atoms. The molecule has 212 valence electrons. The molecule has 1 heterocycles. The van der Waals surface area contributed by atoms with Gasteiger partial charge >= 0.3 is 0 Å². The average Bonchev–Trinajstić information content (AvgIpc) is 3.39. The van der Waals surface area contributed by atoms with Crippen molar-refractivity contribution >= 4 is 5.91 Å². The molecule has 1 aliphatic carbocycles. The highest BCUT2D eigenvalue weighted by atomic mass is 79.9. The van der Waals surface area contributed by atoms with E-state index in [-0.39, 0.29) is 28.8 Å².